The Morgan fingerprint density at radius 2 is 1.91 bits per heavy atom. The van der Waals surface area contributed by atoms with Crippen LogP contribution in [0.4, 0.5) is 4.39 Å². The van der Waals surface area contributed by atoms with Crippen molar-refractivity contribution in [3.05, 3.63) is 82.8 Å². The van der Waals surface area contributed by atoms with Crippen molar-refractivity contribution in [3.63, 3.8) is 0 Å². The minimum absolute atomic E-state index is 0.0498. The van der Waals surface area contributed by atoms with E-state index in [1.165, 1.54) is 22.6 Å². The molecule has 6 nitrogen and oxygen atoms in total. The third-order valence-corrected chi connectivity index (χ3v) is 5.99. The number of halogens is 1. The van der Waals surface area contributed by atoms with Gasteiger partial charge in [0.2, 0.25) is 11.8 Å². The van der Waals surface area contributed by atoms with Crippen LogP contribution in [0.5, 0.6) is 0 Å². The number of ether oxygens (including phenoxy) is 1. The van der Waals surface area contributed by atoms with Gasteiger partial charge in [-0.2, -0.15) is 0 Å². The third kappa shape index (κ3) is 6.31. The number of benzene rings is 2. The number of nitrogens with zero attached hydrogens (tertiary/aromatic N) is 1. The van der Waals surface area contributed by atoms with E-state index in [4.69, 9.17) is 4.74 Å². The summed E-state index contributed by atoms with van der Waals surface area (Å²) in [6.45, 7) is 5.21. The number of esters is 1. The van der Waals surface area contributed by atoms with Crippen LogP contribution in [0.25, 0.3) is 0 Å². The van der Waals surface area contributed by atoms with Crippen LogP contribution in [-0.2, 0) is 25.5 Å². The summed E-state index contributed by atoms with van der Waals surface area (Å²) >= 11 is 0. The third-order valence-electron chi connectivity index (χ3n) is 5.99. The van der Waals surface area contributed by atoms with E-state index in [0.717, 1.165) is 12.8 Å². The largest absolute Gasteiger partial charge is 0.463 e. The highest BCUT2D eigenvalue weighted by atomic mass is 19.1. The van der Waals surface area contributed by atoms with Gasteiger partial charge < -0.3 is 15.0 Å². The zero-order chi connectivity index (χ0) is 24.7. The first kappa shape index (κ1) is 25.1. The highest BCUT2D eigenvalue weighted by Gasteiger charge is 2.37. The van der Waals surface area contributed by atoms with Crippen LogP contribution in [-0.4, -0.2) is 41.9 Å². The molecule has 180 valence electrons. The fraction of sp³-hybridized carbons (Fsp3) is 0.370. The molecule has 0 spiro atoms. The molecule has 1 heterocycles. The zero-order valence-corrected chi connectivity index (χ0v) is 19.8. The van der Waals surface area contributed by atoms with Gasteiger partial charge >= 0.3 is 5.97 Å². The van der Waals surface area contributed by atoms with E-state index in [0.29, 0.717) is 11.3 Å². The number of carbonyl (C=O) groups is 3. The minimum Gasteiger partial charge on any atom is -0.463 e. The fourth-order valence-corrected chi connectivity index (χ4v) is 4.25. The zero-order valence-electron chi connectivity index (χ0n) is 19.8. The van der Waals surface area contributed by atoms with Gasteiger partial charge in [-0.3, -0.25) is 9.59 Å². The van der Waals surface area contributed by atoms with Gasteiger partial charge in [-0.15, -0.1) is 0 Å². The Hall–Kier alpha value is -3.48. The summed E-state index contributed by atoms with van der Waals surface area (Å²) in [6, 6.07) is 15.8. The lowest BCUT2D eigenvalue weighted by molar-refractivity contribution is -0.141. The second kappa shape index (κ2) is 11.6. The van der Waals surface area contributed by atoms with Crippen LogP contribution in [0, 0.1) is 5.82 Å². The van der Waals surface area contributed by atoms with Crippen molar-refractivity contribution in [1.29, 1.82) is 0 Å². The summed E-state index contributed by atoms with van der Waals surface area (Å²) in [6.07, 6.45) is 1.53. The molecule has 34 heavy (non-hydrogen) atoms. The maximum absolute atomic E-state index is 13.9. The summed E-state index contributed by atoms with van der Waals surface area (Å²) in [4.78, 5) is 39.8. The molecule has 1 N–H and O–H groups in total. The smallest absolute Gasteiger partial charge is 0.336 e. The lowest BCUT2D eigenvalue weighted by Gasteiger charge is -2.34. The second-order valence-electron chi connectivity index (χ2n) is 8.50. The van der Waals surface area contributed by atoms with Crippen molar-refractivity contribution in [3.8, 4) is 0 Å². The molecule has 0 saturated heterocycles. The van der Waals surface area contributed by atoms with Crippen molar-refractivity contribution in [2.24, 2.45) is 0 Å². The van der Waals surface area contributed by atoms with Gasteiger partial charge in [-0.1, -0.05) is 42.5 Å². The summed E-state index contributed by atoms with van der Waals surface area (Å²) < 4.78 is 19.1. The number of hydrogen-bond acceptors (Lipinski definition) is 4. The van der Waals surface area contributed by atoms with Crippen LogP contribution in [0.2, 0.25) is 0 Å². The molecule has 3 rings (SSSR count). The highest BCUT2D eigenvalue weighted by molar-refractivity contribution is 5.97. The summed E-state index contributed by atoms with van der Waals surface area (Å²) in [5.41, 5.74) is 2.35. The Kier molecular flexibility index (Phi) is 8.57. The summed E-state index contributed by atoms with van der Waals surface area (Å²) in [5, 5.41) is 2.94. The van der Waals surface area contributed by atoms with E-state index in [2.05, 4.69) is 5.32 Å². The Morgan fingerprint density at radius 3 is 2.59 bits per heavy atom. The van der Waals surface area contributed by atoms with Crippen molar-refractivity contribution >= 4 is 17.8 Å². The molecule has 7 heteroatoms. The van der Waals surface area contributed by atoms with E-state index in [1.54, 1.807) is 26.0 Å². The maximum atomic E-state index is 13.9. The fourth-order valence-electron chi connectivity index (χ4n) is 4.25. The first-order valence-corrected chi connectivity index (χ1v) is 11.6. The monoisotopic (exact) mass is 466 g/mol. The number of carbonyl (C=O) groups excluding carboxylic acids is 3. The molecule has 1 aliphatic heterocycles. The number of aryl methyl sites for hydroxylation is 1. The highest BCUT2D eigenvalue weighted by Crippen LogP contribution is 2.37. The Labute approximate surface area is 199 Å². The Balaban J connectivity index is 1.74. The van der Waals surface area contributed by atoms with Crippen LogP contribution >= 0.6 is 0 Å². The first-order chi connectivity index (χ1) is 16.3. The van der Waals surface area contributed by atoms with Crippen molar-refractivity contribution < 1.29 is 23.5 Å². The van der Waals surface area contributed by atoms with E-state index < -0.39 is 17.7 Å². The lowest BCUT2D eigenvalue weighted by Crippen LogP contribution is -2.46. The molecule has 0 fully saturated rings. The van der Waals surface area contributed by atoms with Crippen molar-refractivity contribution in [2.45, 2.75) is 52.0 Å². The molecule has 2 amide bonds. The van der Waals surface area contributed by atoms with Crippen LogP contribution in [0.1, 0.15) is 50.7 Å². The molecule has 2 aromatic carbocycles. The average Bonchev–Trinajstić information content (AvgIpc) is 2.81. The Morgan fingerprint density at radius 1 is 1.18 bits per heavy atom. The van der Waals surface area contributed by atoms with Gasteiger partial charge in [0.1, 0.15) is 12.4 Å². The molecular weight excluding hydrogens is 435 g/mol. The van der Waals surface area contributed by atoms with Crippen molar-refractivity contribution in [1.82, 2.24) is 10.2 Å². The normalized spacial score (nSPS) is 16.9. The van der Waals surface area contributed by atoms with E-state index in [1.807, 2.05) is 37.3 Å². The predicted octanol–water partition coefficient (Wildman–Crippen LogP) is 4.12. The molecule has 0 radical (unpaired) electrons. The first-order valence-electron chi connectivity index (χ1n) is 11.6. The van der Waals surface area contributed by atoms with Crippen LogP contribution < -0.4 is 5.32 Å². The number of allylic oxidation sites excluding steroid dienone is 1. The number of nitrogens with one attached hydrogen (secondary N) is 1. The van der Waals surface area contributed by atoms with Crippen LogP contribution in [0.3, 0.4) is 0 Å². The predicted molar refractivity (Wildman–Crippen MR) is 127 cm³/mol. The van der Waals surface area contributed by atoms with E-state index >= 15 is 0 Å². The average molecular weight is 467 g/mol. The van der Waals surface area contributed by atoms with Gasteiger partial charge in [-0.25, -0.2) is 9.18 Å². The Bertz CT molecular complexity index is 1070. The SMILES string of the molecule is CCOC(=O)C1=C(C)N(CC(=O)NC(C)CCc2ccccc2)C(=O)CC1c1cccc(F)c1. The van der Waals surface area contributed by atoms with E-state index in [-0.39, 0.29) is 43.0 Å². The molecule has 0 saturated carbocycles. The molecule has 2 unspecified atom stereocenters. The van der Waals surface area contributed by atoms with E-state index in [9.17, 15) is 18.8 Å². The molecule has 0 aliphatic carbocycles. The standard InChI is InChI=1S/C27H31FN2O4/c1-4-34-27(33)26-19(3)30(25(32)16-23(26)21-11-8-12-22(28)15-21)17-24(31)29-18(2)13-14-20-9-6-5-7-10-20/h5-12,15,18,23H,4,13-14,16-17H2,1-3H3,(H,29,31). The molecule has 1 aliphatic rings. The van der Waals surface area contributed by atoms with Gasteiger partial charge in [0, 0.05) is 24.1 Å². The van der Waals surface area contributed by atoms with Gasteiger partial charge in [0.15, 0.2) is 0 Å². The van der Waals surface area contributed by atoms with Crippen LogP contribution in [0.15, 0.2) is 65.9 Å². The van der Waals surface area contributed by atoms with Gasteiger partial charge in [0.05, 0.1) is 12.2 Å². The second-order valence-corrected chi connectivity index (χ2v) is 8.50. The molecule has 0 bridgehead atoms. The number of amides is 2. The molecular formula is C27H31FN2O4. The molecule has 2 aromatic rings. The molecule has 2 atom stereocenters. The van der Waals surface area contributed by atoms with Gasteiger partial charge in [-0.05, 0) is 56.9 Å². The summed E-state index contributed by atoms with van der Waals surface area (Å²) in [7, 11) is 0. The van der Waals surface area contributed by atoms with Gasteiger partial charge in [0.25, 0.3) is 0 Å². The number of hydrogen-bond donors (Lipinski definition) is 1. The quantitative estimate of drug-likeness (QED) is 0.564. The minimum atomic E-state index is -0.633. The molecule has 0 aromatic heterocycles. The summed E-state index contributed by atoms with van der Waals surface area (Å²) in [5.74, 6) is -2.25. The van der Waals surface area contributed by atoms with Crippen molar-refractivity contribution in [2.75, 3.05) is 13.2 Å². The maximum Gasteiger partial charge on any atom is 0.336 e. The number of rotatable bonds is 9. The lowest BCUT2D eigenvalue weighted by atomic mass is 9.83. The topological polar surface area (TPSA) is 75.7 Å².